The molecule has 3 N–H and O–H groups in total. The molecule has 3 fully saturated rings. The Hall–Kier alpha value is -1.26. The SMILES string of the molecule is CNC(=O)[C@H]1[C@@H](NC(=O)O)C[C@H]2C[C@H]1C2(C)C. The molecule has 3 aliphatic rings. The normalized spacial score (nSPS) is 37.8. The van der Waals surface area contributed by atoms with Crippen LogP contribution in [-0.4, -0.2) is 30.2 Å². The van der Waals surface area contributed by atoms with E-state index >= 15 is 0 Å². The molecule has 0 aliphatic heterocycles. The van der Waals surface area contributed by atoms with Gasteiger partial charge in [0, 0.05) is 13.1 Å². The van der Waals surface area contributed by atoms with E-state index in [0.717, 1.165) is 12.8 Å². The van der Waals surface area contributed by atoms with E-state index < -0.39 is 6.09 Å². The van der Waals surface area contributed by atoms with Crippen LogP contribution in [0.15, 0.2) is 0 Å². The van der Waals surface area contributed by atoms with Crippen molar-refractivity contribution in [3.63, 3.8) is 0 Å². The highest BCUT2D eigenvalue weighted by molar-refractivity contribution is 5.81. The van der Waals surface area contributed by atoms with E-state index in [9.17, 15) is 9.59 Å². The van der Waals surface area contributed by atoms with Gasteiger partial charge in [-0.3, -0.25) is 4.79 Å². The van der Waals surface area contributed by atoms with Crippen LogP contribution in [0.2, 0.25) is 0 Å². The molecule has 0 aromatic carbocycles. The summed E-state index contributed by atoms with van der Waals surface area (Å²) in [5.74, 6) is 0.555. The Morgan fingerprint density at radius 3 is 2.41 bits per heavy atom. The van der Waals surface area contributed by atoms with E-state index in [1.165, 1.54) is 0 Å². The van der Waals surface area contributed by atoms with Gasteiger partial charge in [0.05, 0.1) is 5.92 Å². The van der Waals surface area contributed by atoms with Gasteiger partial charge in [0.2, 0.25) is 5.91 Å². The second-order valence-electron chi connectivity index (χ2n) is 5.79. The molecule has 5 nitrogen and oxygen atoms in total. The molecule has 0 aromatic heterocycles. The first kappa shape index (κ1) is 12.2. The van der Waals surface area contributed by atoms with Crippen molar-refractivity contribution in [1.29, 1.82) is 0 Å². The smallest absolute Gasteiger partial charge is 0.404 e. The molecule has 3 rings (SSSR count). The molecule has 4 atom stereocenters. The Morgan fingerprint density at radius 2 is 1.94 bits per heavy atom. The predicted molar refractivity (Wildman–Crippen MR) is 62.5 cm³/mol. The maximum atomic E-state index is 11.9. The van der Waals surface area contributed by atoms with Crippen LogP contribution in [0.4, 0.5) is 4.79 Å². The number of carboxylic acid groups (broad SMARTS) is 1. The lowest BCUT2D eigenvalue weighted by molar-refractivity contribution is -0.153. The lowest BCUT2D eigenvalue weighted by Crippen LogP contribution is -2.64. The Balaban J connectivity index is 2.19. The minimum atomic E-state index is -1.04. The van der Waals surface area contributed by atoms with E-state index in [1.54, 1.807) is 7.05 Å². The second-order valence-corrected chi connectivity index (χ2v) is 5.79. The molecule has 5 heteroatoms. The monoisotopic (exact) mass is 240 g/mol. The quantitative estimate of drug-likeness (QED) is 0.675. The first-order chi connectivity index (χ1) is 7.87. The third kappa shape index (κ3) is 1.77. The molecule has 0 aromatic rings. The van der Waals surface area contributed by atoms with E-state index in [2.05, 4.69) is 24.5 Å². The lowest BCUT2D eigenvalue weighted by Gasteiger charge is -2.61. The van der Waals surface area contributed by atoms with Gasteiger partial charge in [0.15, 0.2) is 0 Å². The number of carbonyl (C=O) groups is 2. The zero-order chi connectivity index (χ0) is 12.8. The Labute approximate surface area is 101 Å². The van der Waals surface area contributed by atoms with Crippen LogP contribution < -0.4 is 10.6 Å². The number of rotatable bonds is 2. The molecule has 0 radical (unpaired) electrons. The van der Waals surface area contributed by atoms with Crippen LogP contribution in [-0.2, 0) is 4.79 Å². The number of hydrogen-bond donors (Lipinski definition) is 3. The summed E-state index contributed by atoms with van der Waals surface area (Å²) in [6, 6.07) is -0.232. The number of amides is 2. The van der Waals surface area contributed by atoms with Crippen molar-refractivity contribution in [3.8, 4) is 0 Å². The van der Waals surface area contributed by atoms with Crippen LogP contribution >= 0.6 is 0 Å². The van der Waals surface area contributed by atoms with Gasteiger partial charge in [-0.15, -0.1) is 0 Å². The fourth-order valence-corrected chi connectivity index (χ4v) is 3.64. The Kier molecular flexibility index (Phi) is 2.79. The highest BCUT2D eigenvalue weighted by Crippen LogP contribution is 2.61. The van der Waals surface area contributed by atoms with Crippen molar-refractivity contribution in [2.45, 2.75) is 32.7 Å². The molecule has 2 bridgehead atoms. The van der Waals surface area contributed by atoms with E-state index in [1.807, 2.05) is 0 Å². The molecule has 0 unspecified atom stereocenters. The molecule has 0 heterocycles. The van der Waals surface area contributed by atoms with Crippen molar-refractivity contribution in [3.05, 3.63) is 0 Å². The third-order valence-corrected chi connectivity index (χ3v) is 4.81. The van der Waals surface area contributed by atoms with E-state index in [4.69, 9.17) is 5.11 Å². The summed E-state index contributed by atoms with van der Waals surface area (Å²) in [6.07, 6.45) is 0.777. The summed E-state index contributed by atoms with van der Waals surface area (Å²) in [5, 5.41) is 14.0. The summed E-state index contributed by atoms with van der Waals surface area (Å²) in [6.45, 7) is 4.36. The van der Waals surface area contributed by atoms with Crippen molar-refractivity contribution >= 4 is 12.0 Å². The van der Waals surface area contributed by atoms with E-state index in [0.29, 0.717) is 5.92 Å². The zero-order valence-electron chi connectivity index (χ0n) is 10.5. The van der Waals surface area contributed by atoms with Gasteiger partial charge < -0.3 is 15.7 Å². The fourth-order valence-electron chi connectivity index (χ4n) is 3.64. The number of fused-ring (bicyclic) bond motifs is 2. The molecule has 96 valence electrons. The van der Waals surface area contributed by atoms with Crippen LogP contribution in [0.25, 0.3) is 0 Å². The van der Waals surface area contributed by atoms with Gasteiger partial charge in [-0.25, -0.2) is 4.79 Å². The summed E-state index contributed by atoms with van der Waals surface area (Å²) >= 11 is 0. The minimum absolute atomic E-state index is 0.0417. The van der Waals surface area contributed by atoms with Gasteiger partial charge in [-0.2, -0.15) is 0 Å². The Bertz CT molecular complexity index is 354. The third-order valence-electron chi connectivity index (χ3n) is 4.81. The average molecular weight is 240 g/mol. The maximum Gasteiger partial charge on any atom is 0.404 e. The highest BCUT2D eigenvalue weighted by Gasteiger charge is 2.59. The summed E-state index contributed by atoms with van der Waals surface area (Å²) in [7, 11) is 1.61. The molecule has 17 heavy (non-hydrogen) atoms. The predicted octanol–water partition coefficient (Wildman–Crippen LogP) is 1.05. The van der Waals surface area contributed by atoms with Crippen LogP contribution in [0.3, 0.4) is 0 Å². The highest BCUT2D eigenvalue weighted by atomic mass is 16.4. The maximum absolute atomic E-state index is 11.9. The molecular formula is C12H20N2O3. The van der Waals surface area contributed by atoms with Crippen molar-refractivity contribution in [1.82, 2.24) is 10.6 Å². The van der Waals surface area contributed by atoms with Crippen LogP contribution in [0.1, 0.15) is 26.7 Å². The van der Waals surface area contributed by atoms with Gasteiger partial charge >= 0.3 is 6.09 Å². The van der Waals surface area contributed by atoms with Gasteiger partial charge in [-0.05, 0) is 30.1 Å². The second kappa shape index (κ2) is 3.89. The summed E-state index contributed by atoms with van der Waals surface area (Å²) < 4.78 is 0. The van der Waals surface area contributed by atoms with Gasteiger partial charge in [-0.1, -0.05) is 13.8 Å². The van der Waals surface area contributed by atoms with Crippen molar-refractivity contribution < 1.29 is 14.7 Å². The first-order valence-corrected chi connectivity index (χ1v) is 6.09. The van der Waals surface area contributed by atoms with Gasteiger partial charge in [0.25, 0.3) is 0 Å². The molecule has 0 saturated heterocycles. The summed E-state index contributed by atoms with van der Waals surface area (Å²) in [4.78, 5) is 22.7. The molecular weight excluding hydrogens is 220 g/mol. The summed E-state index contributed by atoms with van der Waals surface area (Å²) in [5.41, 5.74) is 0.161. The van der Waals surface area contributed by atoms with Crippen molar-refractivity contribution in [2.75, 3.05) is 7.05 Å². The minimum Gasteiger partial charge on any atom is -0.465 e. The average Bonchev–Trinajstić information content (AvgIpc) is 2.26. The van der Waals surface area contributed by atoms with E-state index in [-0.39, 0.29) is 29.2 Å². The largest absolute Gasteiger partial charge is 0.465 e. The van der Waals surface area contributed by atoms with Crippen LogP contribution in [0.5, 0.6) is 0 Å². The number of carbonyl (C=O) groups excluding carboxylic acids is 1. The lowest BCUT2D eigenvalue weighted by atomic mass is 9.44. The van der Waals surface area contributed by atoms with Crippen LogP contribution in [0, 0.1) is 23.2 Å². The van der Waals surface area contributed by atoms with Crippen molar-refractivity contribution in [2.24, 2.45) is 23.2 Å². The van der Waals surface area contributed by atoms with Gasteiger partial charge in [0.1, 0.15) is 0 Å². The fraction of sp³-hybridized carbons (Fsp3) is 0.833. The molecule has 3 aliphatic carbocycles. The number of nitrogens with one attached hydrogen (secondary N) is 2. The first-order valence-electron chi connectivity index (χ1n) is 6.09. The zero-order valence-corrected chi connectivity index (χ0v) is 10.5. The molecule has 2 amide bonds. The molecule has 0 spiro atoms. The topological polar surface area (TPSA) is 78.4 Å². The number of hydrogen-bond acceptors (Lipinski definition) is 2. The molecule has 3 saturated carbocycles. The Morgan fingerprint density at radius 1 is 1.29 bits per heavy atom. The standard InChI is InChI=1S/C12H20N2O3/c1-12(2)6-4-7(12)9(10(15)13-3)8(5-6)14-11(16)17/h6-9,14H,4-5H2,1-3H3,(H,13,15)(H,16,17)/t6-,7-,8+,9-/m1/s1.